The maximum Gasteiger partial charge on any atom is 0.231 e. The number of halogens is 1. The van der Waals surface area contributed by atoms with E-state index >= 15 is 0 Å². The molecule has 1 atom stereocenters. The van der Waals surface area contributed by atoms with E-state index in [0.29, 0.717) is 5.02 Å². The minimum absolute atomic E-state index is 0.0457. The first-order valence-electron chi connectivity index (χ1n) is 6.88. The summed E-state index contributed by atoms with van der Waals surface area (Å²) >= 11 is 5.85. The lowest BCUT2D eigenvalue weighted by molar-refractivity contribution is -0.117. The molecule has 0 heterocycles. The molecular formula is C17H16ClNO. The maximum absolute atomic E-state index is 12.5. The molecule has 3 heteroatoms. The molecule has 0 unspecified atom stereocenters. The first-order valence-corrected chi connectivity index (χ1v) is 7.26. The Balaban J connectivity index is 1.80. The normalized spacial score (nSPS) is 17.4. The highest BCUT2D eigenvalue weighted by molar-refractivity contribution is 6.30. The molecule has 102 valence electrons. The van der Waals surface area contributed by atoms with Crippen LogP contribution in [-0.2, 0) is 11.2 Å². The summed E-state index contributed by atoms with van der Waals surface area (Å²) in [6.45, 7) is 0. The van der Waals surface area contributed by atoms with Crippen LogP contribution in [0.25, 0.3) is 0 Å². The van der Waals surface area contributed by atoms with Crippen LogP contribution < -0.4 is 5.32 Å². The molecule has 0 radical (unpaired) electrons. The summed E-state index contributed by atoms with van der Waals surface area (Å²) in [5.74, 6) is 0.0232. The molecule has 0 fully saturated rings. The van der Waals surface area contributed by atoms with Crippen molar-refractivity contribution in [3.8, 4) is 0 Å². The van der Waals surface area contributed by atoms with Gasteiger partial charge in [-0.25, -0.2) is 0 Å². The average molecular weight is 286 g/mol. The van der Waals surface area contributed by atoms with E-state index in [0.717, 1.165) is 24.9 Å². The minimum Gasteiger partial charge on any atom is -0.326 e. The predicted octanol–water partition coefficient (Wildman–Crippen LogP) is 4.40. The Morgan fingerprint density at radius 2 is 1.85 bits per heavy atom. The Morgan fingerprint density at radius 3 is 2.65 bits per heavy atom. The number of hydrogen-bond donors (Lipinski definition) is 1. The Hall–Kier alpha value is -1.80. The monoisotopic (exact) mass is 285 g/mol. The third kappa shape index (κ3) is 2.70. The molecule has 20 heavy (non-hydrogen) atoms. The summed E-state index contributed by atoms with van der Waals surface area (Å²) in [6.07, 6.45) is 3.05. The molecule has 2 aromatic carbocycles. The minimum atomic E-state index is -0.0457. The fourth-order valence-corrected chi connectivity index (χ4v) is 2.91. The fourth-order valence-electron chi connectivity index (χ4n) is 2.79. The van der Waals surface area contributed by atoms with Crippen molar-refractivity contribution in [3.05, 3.63) is 64.7 Å². The number of carbonyl (C=O) groups is 1. The first kappa shape index (κ1) is 13.2. The van der Waals surface area contributed by atoms with E-state index in [9.17, 15) is 4.79 Å². The Labute approximate surface area is 123 Å². The highest BCUT2D eigenvalue weighted by Crippen LogP contribution is 2.32. The number of hydrogen-bond acceptors (Lipinski definition) is 1. The third-order valence-electron chi connectivity index (χ3n) is 3.80. The van der Waals surface area contributed by atoms with Crippen molar-refractivity contribution < 1.29 is 4.79 Å². The highest BCUT2D eigenvalue weighted by Gasteiger charge is 2.26. The summed E-state index contributed by atoms with van der Waals surface area (Å²) in [5.41, 5.74) is 3.27. The Kier molecular flexibility index (Phi) is 3.75. The van der Waals surface area contributed by atoms with E-state index in [4.69, 9.17) is 11.6 Å². The lowest BCUT2D eigenvalue weighted by atomic mass is 9.82. The summed E-state index contributed by atoms with van der Waals surface area (Å²) in [7, 11) is 0. The molecule has 1 N–H and O–H groups in total. The predicted molar refractivity (Wildman–Crippen MR) is 82.2 cm³/mol. The number of amides is 1. The van der Waals surface area contributed by atoms with Crippen LogP contribution in [0.5, 0.6) is 0 Å². The third-order valence-corrected chi connectivity index (χ3v) is 4.05. The van der Waals surface area contributed by atoms with Crippen molar-refractivity contribution in [2.24, 2.45) is 0 Å². The Bertz CT molecular complexity index is 621. The van der Waals surface area contributed by atoms with Crippen LogP contribution in [0.3, 0.4) is 0 Å². The second kappa shape index (κ2) is 5.68. The summed E-state index contributed by atoms with van der Waals surface area (Å²) in [5, 5.41) is 3.65. The summed E-state index contributed by atoms with van der Waals surface area (Å²) in [4.78, 5) is 12.5. The van der Waals surface area contributed by atoms with Gasteiger partial charge in [0.25, 0.3) is 0 Å². The van der Waals surface area contributed by atoms with Crippen molar-refractivity contribution in [2.45, 2.75) is 25.2 Å². The largest absolute Gasteiger partial charge is 0.326 e. The zero-order chi connectivity index (χ0) is 13.9. The smallest absolute Gasteiger partial charge is 0.231 e. The molecule has 3 rings (SSSR count). The molecule has 1 amide bonds. The zero-order valence-corrected chi connectivity index (χ0v) is 11.9. The van der Waals surface area contributed by atoms with Gasteiger partial charge in [-0.1, -0.05) is 35.9 Å². The molecule has 0 saturated heterocycles. The van der Waals surface area contributed by atoms with Gasteiger partial charge in [-0.05, 0) is 54.7 Å². The van der Waals surface area contributed by atoms with Gasteiger partial charge < -0.3 is 5.32 Å². The SMILES string of the molecule is O=C(Nc1ccc(Cl)cc1)[C@@H]1CCCc2ccccc21. The van der Waals surface area contributed by atoms with Gasteiger partial charge in [0, 0.05) is 10.7 Å². The lowest BCUT2D eigenvalue weighted by Crippen LogP contribution is -2.24. The van der Waals surface area contributed by atoms with Crippen LogP contribution in [0.2, 0.25) is 5.02 Å². The topological polar surface area (TPSA) is 29.1 Å². The van der Waals surface area contributed by atoms with Crippen LogP contribution in [0, 0.1) is 0 Å². The van der Waals surface area contributed by atoms with Crippen molar-refractivity contribution in [1.82, 2.24) is 0 Å². The maximum atomic E-state index is 12.5. The molecule has 2 nitrogen and oxygen atoms in total. The standard InChI is InChI=1S/C17H16ClNO/c18-13-8-10-14(11-9-13)19-17(20)16-7-3-5-12-4-1-2-6-15(12)16/h1-2,4,6,8-11,16H,3,5,7H2,(H,19,20)/t16-/m1/s1. The molecule has 0 aliphatic heterocycles. The number of nitrogens with one attached hydrogen (secondary N) is 1. The van der Waals surface area contributed by atoms with E-state index in [1.807, 2.05) is 24.3 Å². The van der Waals surface area contributed by atoms with Crippen LogP contribution in [0.1, 0.15) is 29.9 Å². The molecule has 0 bridgehead atoms. The molecule has 1 aliphatic rings. The van der Waals surface area contributed by atoms with Gasteiger partial charge in [-0.3, -0.25) is 4.79 Å². The number of aryl methyl sites for hydroxylation is 1. The van der Waals surface area contributed by atoms with E-state index in [2.05, 4.69) is 17.4 Å². The number of benzene rings is 2. The van der Waals surface area contributed by atoms with Crippen LogP contribution >= 0.6 is 11.6 Å². The first-order chi connectivity index (χ1) is 9.74. The van der Waals surface area contributed by atoms with Crippen molar-refractivity contribution in [2.75, 3.05) is 5.32 Å². The van der Waals surface area contributed by atoms with Gasteiger partial charge in [0.15, 0.2) is 0 Å². The van der Waals surface area contributed by atoms with E-state index in [1.165, 1.54) is 11.1 Å². The number of carbonyl (C=O) groups excluding carboxylic acids is 1. The van der Waals surface area contributed by atoms with Gasteiger partial charge in [0.2, 0.25) is 5.91 Å². The van der Waals surface area contributed by atoms with Gasteiger partial charge >= 0.3 is 0 Å². The second-order valence-electron chi connectivity index (χ2n) is 5.14. The molecular weight excluding hydrogens is 270 g/mol. The summed E-state index contributed by atoms with van der Waals surface area (Å²) in [6, 6.07) is 15.5. The van der Waals surface area contributed by atoms with Crippen LogP contribution in [-0.4, -0.2) is 5.91 Å². The van der Waals surface area contributed by atoms with E-state index in [-0.39, 0.29) is 11.8 Å². The van der Waals surface area contributed by atoms with Gasteiger partial charge in [-0.2, -0.15) is 0 Å². The second-order valence-corrected chi connectivity index (χ2v) is 5.58. The molecule has 1 aliphatic carbocycles. The number of anilines is 1. The van der Waals surface area contributed by atoms with Gasteiger partial charge in [-0.15, -0.1) is 0 Å². The Morgan fingerprint density at radius 1 is 1.10 bits per heavy atom. The van der Waals surface area contributed by atoms with Crippen LogP contribution in [0.4, 0.5) is 5.69 Å². The van der Waals surface area contributed by atoms with E-state index in [1.54, 1.807) is 12.1 Å². The quantitative estimate of drug-likeness (QED) is 0.871. The van der Waals surface area contributed by atoms with E-state index < -0.39 is 0 Å². The average Bonchev–Trinajstić information content (AvgIpc) is 2.49. The van der Waals surface area contributed by atoms with Crippen molar-refractivity contribution in [3.63, 3.8) is 0 Å². The number of fused-ring (bicyclic) bond motifs is 1. The van der Waals surface area contributed by atoms with Gasteiger partial charge in [0.05, 0.1) is 5.92 Å². The molecule has 0 aromatic heterocycles. The highest BCUT2D eigenvalue weighted by atomic mass is 35.5. The van der Waals surface area contributed by atoms with Crippen molar-refractivity contribution >= 4 is 23.2 Å². The molecule has 0 spiro atoms. The lowest BCUT2D eigenvalue weighted by Gasteiger charge is -2.24. The molecule has 2 aromatic rings. The zero-order valence-electron chi connectivity index (χ0n) is 11.1. The molecule has 0 saturated carbocycles. The van der Waals surface area contributed by atoms with Crippen molar-refractivity contribution in [1.29, 1.82) is 0 Å². The van der Waals surface area contributed by atoms with Crippen LogP contribution in [0.15, 0.2) is 48.5 Å². The number of rotatable bonds is 2. The van der Waals surface area contributed by atoms with Gasteiger partial charge in [0.1, 0.15) is 0 Å². The summed E-state index contributed by atoms with van der Waals surface area (Å²) < 4.78 is 0. The fraction of sp³-hybridized carbons (Fsp3) is 0.235.